The number of ketones is 1. The first kappa shape index (κ1) is 28.2. The average Bonchev–Trinajstić information content (AvgIpc) is 3.32. The van der Waals surface area contributed by atoms with Crippen LogP contribution < -0.4 is 10.6 Å². The number of phenolic OH excluding ortho intramolecular Hbond substituents is 3. The second-order valence-corrected chi connectivity index (χ2v) is 9.87. The van der Waals surface area contributed by atoms with Crippen LogP contribution in [0.3, 0.4) is 0 Å². The van der Waals surface area contributed by atoms with Crippen LogP contribution in [0.4, 0.5) is 0 Å². The van der Waals surface area contributed by atoms with Crippen molar-refractivity contribution in [3.8, 4) is 17.2 Å². The third-order valence-corrected chi connectivity index (χ3v) is 7.11. The number of aromatic carboxylic acids is 1. The fourth-order valence-electron chi connectivity index (χ4n) is 5.00. The first-order valence-corrected chi connectivity index (χ1v) is 13.1. The normalized spacial score (nSPS) is 16.9. The monoisotopic (exact) mass is 573 g/mol. The molecule has 7 N–H and O–H groups in total. The summed E-state index contributed by atoms with van der Waals surface area (Å²) in [7, 11) is 0. The number of benzene rings is 3. The van der Waals surface area contributed by atoms with E-state index in [4.69, 9.17) is 4.74 Å². The molecule has 0 spiro atoms. The van der Waals surface area contributed by atoms with Crippen molar-refractivity contribution in [3.63, 3.8) is 0 Å². The minimum atomic E-state index is -1.50. The minimum absolute atomic E-state index is 0.280. The topological polar surface area (TPSA) is 198 Å². The number of nitrogens with one attached hydrogen (secondary N) is 3. The number of rotatable bonds is 7. The van der Waals surface area contributed by atoms with E-state index in [1.807, 2.05) is 6.07 Å². The van der Waals surface area contributed by atoms with Gasteiger partial charge in [-0.1, -0.05) is 6.07 Å². The molecule has 2 heterocycles. The zero-order valence-corrected chi connectivity index (χ0v) is 22.1. The number of amides is 1. The molecule has 216 valence electrons. The number of carbonyl (C=O) groups excluding carboxylic acids is 3. The maximum absolute atomic E-state index is 13.1. The molecule has 12 heteroatoms. The highest BCUT2D eigenvalue weighted by molar-refractivity contribution is 6.18. The summed E-state index contributed by atoms with van der Waals surface area (Å²) in [5, 5.41) is 47.7. The van der Waals surface area contributed by atoms with Crippen LogP contribution in [-0.2, 0) is 4.74 Å². The summed E-state index contributed by atoms with van der Waals surface area (Å²) in [4.78, 5) is 53.9. The molecular formula is C30H27N3O9. The van der Waals surface area contributed by atoms with Crippen molar-refractivity contribution >= 4 is 34.5 Å². The van der Waals surface area contributed by atoms with Crippen molar-refractivity contribution < 1.29 is 44.3 Å². The highest BCUT2D eigenvalue weighted by atomic mass is 16.5. The van der Waals surface area contributed by atoms with Crippen LogP contribution >= 0.6 is 0 Å². The number of carboxylic acid groups (broad SMARTS) is 1. The van der Waals surface area contributed by atoms with Gasteiger partial charge in [0.15, 0.2) is 0 Å². The molecular weight excluding hydrogens is 546 g/mol. The lowest BCUT2D eigenvalue weighted by molar-refractivity contribution is 0.0191. The lowest BCUT2D eigenvalue weighted by Gasteiger charge is -2.26. The van der Waals surface area contributed by atoms with Crippen LogP contribution in [0, 0.1) is 0 Å². The molecule has 1 saturated heterocycles. The van der Waals surface area contributed by atoms with Crippen LogP contribution in [0.5, 0.6) is 17.2 Å². The van der Waals surface area contributed by atoms with Crippen molar-refractivity contribution in [1.82, 2.24) is 15.6 Å². The Morgan fingerprint density at radius 3 is 2.38 bits per heavy atom. The van der Waals surface area contributed by atoms with E-state index in [0.29, 0.717) is 31.5 Å². The summed E-state index contributed by atoms with van der Waals surface area (Å²) in [5.41, 5.74) is -0.827. The van der Waals surface area contributed by atoms with E-state index in [1.54, 1.807) is 24.4 Å². The molecule has 2 atom stereocenters. The Balaban J connectivity index is 1.35. The first-order chi connectivity index (χ1) is 20.1. The summed E-state index contributed by atoms with van der Waals surface area (Å²) < 4.78 is 5.71. The maximum atomic E-state index is 13.1. The molecule has 1 aliphatic rings. The van der Waals surface area contributed by atoms with E-state index in [9.17, 15) is 39.6 Å². The molecule has 1 fully saturated rings. The molecule has 42 heavy (non-hydrogen) atoms. The van der Waals surface area contributed by atoms with Crippen molar-refractivity contribution in [2.75, 3.05) is 13.1 Å². The quantitative estimate of drug-likeness (QED) is 0.127. The van der Waals surface area contributed by atoms with Gasteiger partial charge in [-0.2, -0.15) is 0 Å². The second-order valence-electron chi connectivity index (χ2n) is 9.87. The molecule has 1 amide bonds. The Bertz CT molecular complexity index is 1690. The zero-order chi connectivity index (χ0) is 30.0. The Kier molecular flexibility index (Phi) is 7.80. The zero-order valence-electron chi connectivity index (χ0n) is 22.1. The summed E-state index contributed by atoms with van der Waals surface area (Å²) in [6, 6.07) is 11.7. The first-order valence-electron chi connectivity index (χ1n) is 13.1. The third kappa shape index (κ3) is 5.60. The summed E-state index contributed by atoms with van der Waals surface area (Å²) in [6.45, 7) is 0.964. The number of aromatic nitrogens is 1. The molecule has 2 unspecified atom stereocenters. The molecule has 5 rings (SSSR count). The number of carboxylic acids is 1. The summed E-state index contributed by atoms with van der Waals surface area (Å²) >= 11 is 0. The van der Waals surface area contributed by atoms with E-state index < -0.39 is 63.8 Å². The van der Waals surface area contributed by atoms with Crippen LogP contribution in [0.25, 0.3) is 10.9 Å². The molecule has 1 aromatic heterocycles. The number of hydrogen-bond acceptors (Lipinski definition) is 9. The van der Waals surface area contributed by atoms with Gasteiger partial charge in [0.25, 0.3) is 5.91 Å². The number of aromatic hydroxyl groups is 3. The lowest BCUT2D eigenvalue weighted by Crippen LogP contribution is -2.49. The van der Waals surface area contributed by atoms with Crippen molar-refractivity contribution in [1.29, 1.82) is 0 Å². The average molecular weight is 574 g/mol. The fraction of sp³-hybridized carbons (Fsp3) is 0.200. The number of phenols is 3. The Morgan fingerprint density at radius 2 is 1.64 bits per heavy atom. The van der Waals surface area contributed by atoms with E-state index in [1.165, 1.54) is 6.07 Å². The van der Waals surface area contributed by atoms with Crippen molar-refractivity contribution in [2.45, 2.75) is 25.0 Å². The number of hydrogen-bond donors (Lipinski definition) is 7. The largest absolute Gasteiger partial charge is 0.507 e. The van der Waals surface area contributed by atoms with Gasteiger partial charge >= 0.3 is 11.9 Å². The molecule has 0 bridgehead atoms. The van der Waals surface area contributed by atoms with Gasteiger partial charge in [0.1, 0.15) is 28.9 Å². The number of fused-ring (bicyclic) bond motifs is 1. The smallest absolute Gasteiger partial charge is 0.338 e. The number of ether oxygens (including phenoxy) is 1. The summed E-state index contributed by atoms with van der Waals surface area (Å²) in [5.74, 6) is -6.23. The molecule has 0 aliphatic carbocycles. The third-order valence-electron chi connectivity index (χ3n) is 7.11. The van der Waals surface area contributed by atoms with Gasteiger partial charge < -0.3 is 40.8 Å². The van der Waals surface area contributed by atoms with E-state index in [0.717, 1.165) is 35.2 Å². The lowest BCUT2D eigenvalue weighted by atomic mass is 9.95. The Hall–Kier alpha value is -5.36. The SMILES string of the molecule is O=C(NC1CNCCCC1OC(=O)c1cc(O)c(C(=O)c2c(O)cccc2C(=O)O)c(O)c1)c1ccc2[nH]ccc2c1. The minimum Gasteiger partial charge on any atom is -0.507 e. The fourth-order valence-corrected chi connectivity index (χ4v) is 5.00. The van der Waals surface area contributed by atoms with Crippen LogP contribution in [0.1, 0.15) is 59.8 Å². The van der Waals surface area contributed by atoms with Gasteiger partial charge in [0.2, 0.25) is 5.78 Å². The van der Waals surface area contributed by atoms with Gasteiger partial charge in [-0.3, -0.25) is 9.59 Å². The number of aromatic amines is 1. The number of H-pyrrole nitrogens is 1. The van der Waals surface area contributed by atoms with Crippen molar-refractivity contribution in [3.05, 3.63) is 88.6 Å². The van der Waals surface area contributed by atoms with Gasteiger partial charge in [0.05, 0.1) is 22.7 Å². The predicted molar refractivity (Wildman–Crippen MR) is 149 cm³/mol. The Labute approximate surface area is 238 Å². The second kappa shape index (κ2) is 11.6. The molecule has 3 aromatic carbocycles. The van der Waals surface area contributed by atoms with Gasteiger partial charge in [0, 0.05) is 29.2 Å². The van der Waals surface area contributed by atoms with Crippen LogP contribution in [-0.4, -0.2) is 74.3 Å². The van der Waals surface area contributed by atoms with Crippen molar-refractivity contribution in [2.24, 2.45) is 0 Å². The van der Waals surface area contributed by atoms with E-state index in [-0.39, 0.29) is 11.5 Å². The molecule has 1 aliphatic heterocycles. The maximum Gasteiger partial charge on any atom is 0.338 e. The highest BCUT2D eigenvalue weighted by Gasteiger charge is 2.31. The molecule has 4 aromatic rings. The molecule has 0 radical (unpaired) electrons. The predicted octanol–water partition coefficient (Wildman–Crippen LogP) is 2.92. The van der Waals surface area contributed by atoms with Crippen LogP contribution in [0.2, 0.25) is 0 Å². The Morgan fingerprint density at radius 1 is 0.881 bits per heavy atom. The van der Waals surface area contributed by atoms with Gasteiger partial charge in [-0.25, -0.2) is 9.59 Å². The molecule has 12 nitrogen and oxygen atoms in total. The number of carbonyl (C=O) groups is 4. The van der Waals surface area contributed by atoms with Gasteiger partial charge in [-0.15, -0.1) is 0 Å². The highest BCUT2D eigenvalue weighted by Crippen LogP contribution is 2.35. The number of esters is 1. The van der Waals surface area contributed by atoms with Gasteiger partial charge in [-0.05, 0) is 67.9 Å². The van der Waals surface area contributed by atoms with E-state index in [2.05, 4.69) is 15.6 Å². The van der Waals surface area contributed by atoms with Crippen LogP contribution in [0.15, 0.2) is 60.8 Å². The summed E-state index contributed by atoms with van der Waals surface area (Å²) in [6.07, 6.45) is 2.09. The molecule has 0 saturated carbocycles. The van der Waals surface area contributed by atoms with E-state index >= 15 is 0 Å². The standard InChI is InChI=1S/C30H27N3O9/c34-21-4-1-3-18(29(39)40)25(21)27(37)26-22(35)12-17(13-23(26)36)30(41)42-24-5-2-9-31-14-20(24)33-28(38)16-6-7-19-15(11-16)8-10-32-19/h1,3-4,6-8,10-13,20,24,31-32,34-36H,2,5,9,14H2,(H,33,38)(H,39,40).